The first-order valence-corrected chi connectivity index (χ1v) is 9.19. The molecule has 22 heavy (non-hydrogen) atoms. The molecule has 1 aromatic carbocycles. The van der Waals surface area contributed by atoms with Gasteiger partial charge in [-0.15, -0.1) is 0 Å². The molecule has 2 N–H and O–H groups in total. The van der Waals surface area contributed by atoms with Crippen molar-refractivity contribution in [3.63, 3.8) is 0 Å². The van der Waals surface area contributed by atoms with E-state index < -0.39 is 21.7 Å². The van der Waals surface area contributed by atoms with E-state index >= 15 is 0 Å². The Morgan fingerprint density at radius 2 is 1.86 bits per heavy atom. The third kappa shape index (κ3) is 3.14. The maximum atomic E-state index is 12.0. The van der Waals surface area contributed by atoms with Gasteiger partial charge in [0.1, 0.15) is 0 Å². The van der Waals surface area contributed by atoms with Crippen LogP contribution in [-0.2, 0) is 27.5 Å². The lowest BCUT2D eigenvalue weighted by Gasteiger charge is -2.11. The first-order valence-electron chi connectivity index (χ1n) is 7.37. The molecule has 6 nitrogen and oxygen atoms in total. The van der Waals surface area contributed by atoms with E-state index in [2.05, 4.69) is 10.9 Å². The van der Waals surface area contributed by atoms with Crippen molar-refractivity contribution in [1.82, 2.24) is 10.9 Å². The Kier molecular flexibility index (Phi) is 3.90. The minimum atomic E-state index is -3.11. The standard InChI is InChI=1S/C15H18N2O4S/c18-14(12-5-4-10-2-1-3-11(10)8-12)16-17-15(19)13-6-7-22(20,21)9-13/h4-5,8,13H,1-3,6-7,9H2,(H,16,18)(H,17,19)/t13-/m0/s1. The van der Waals surface area contributed by atoms with Crippen molar-refractivity contribution in [2.24, 2.45) is 5.92 Å². The number of hydrogen-bond donors (Lipinski definition) is 2. The number of rotatable bonds is 2. The number of fused-ring (bicyclic) bond motifs is 1. The number of hydrogen-bond acceptors (Lipinski definition) is 4. The average Bonchev–Trinajstić information content (AvgIpc) is 3.09. The summed E-state index contributed by atoms with van der Waals surface area (Å²) < 4.78 is 22.7. The van der Waals surface area contributed by atoms with Gasteiger partial charge < -0.3 is 0 Å². The number of hydrazine groups is 1. The van der Waals surface area contributed by atoms with Crippen LogP contribution in [0.4, 0.5) is 0 Å². The molecule has 1 saturated heterocycles. The number of carbonyl (C=O) groups is 2. The van der Waals surface area contributed by atoms with E-state index in [4.69, 9.17) is 0 Å². The average molecular weight is 322 g/mol. The number of amides is 2. The molecule has 3 rings (SSSR count). The monoisotopic (exact) mass is 322 g/mol. The van der Waals surface area contributed by atoms with Gasteiger partial charge in [-0.25, -0.2) is 8.42 Å². The molecule has 118 valence electrons. The Morgan fingerprint density at radius 1 is 1.09 bits per heavy atom. The Balaban J connectivity index is 1.57. The zero-order chi connectivity index (χ0) is 15.7. The number of carbonyl (C=O) groups excluding carboxylic acids is 2. The lowest BCUT2D eigenvalue weighted by atomic mass is 10.1. The van der Waals surface area contributed by atoms with Crippen LogP contribution >= 0.6 is 0 Å². The first-order chi connectivity index (χ1) is 10.4. The van der Waals surface area contributed by atoms with Gasteiger partial charge in [-0.2, -0.15) is 0 Å². The summed E-state index contributed by atoms with van der Waals surface area (Å²) in [5.74, 6) is -1.53. The minimum Gasteiger partial charge on any atom is -0.273 e. The molecule has 7 heteroatoms. The van der Waals surface area contributed by atoms with Crippen LogP contribution in [0.5, 0.6) is 0 Å². The fourth-order valence-corrected chi connectivity index (χ4v) is 4.75. The molecule has 2 aliphatic rings. The number of sulfone groups is 1. The molecule has 2 amide bonds. The molecule has 0 unspecified atom stereocenters. The molecule has 1 fully saturated rings. The third-order valence-electron chi connectivity index (χ3n) is 4.26. The molecule has 1 aliphatic carbocycles. The zero-order valence-corrected chi connectivity index (χ0v) is 12.9. The minimum absolute atomic E-state index is 0.0316. The van der Waals surface area contributed by atoms with Crippen molar-refractivity contribution >= 4 is 21.7 Å². The highest BCUT2D eigenvalue weighted by Gasteiger charge is 2.33. The van der Waals surface area contributed by atoms with Gasteiger partial charge in [0.05, 0.1) is 17.4 Å². The van der Waals surface area contributed by atoms with Gasteiger partial charge >= 0.3 is 0 Å². The van der Waals surface area contributed by atoms with Gasteiger partial charge in [-0.3, -0.25) is 20.4 Å². The van der Waals surface area contributed by atoms with E-state index in [1.165, 1.54) is 11.1 Å². The van der Waals surface area contributed by atoms with E-state index in [0.717, 1.165) is 19.3 Å². The van der Waals surface area contributed by atoms with Crippen molar-refractivity contribution in [2.75, 3.05) is 11.5 Å². The van der Waals surface area contributed by atoms with Gasteiger partial charge in [-0.1, -0.05) is 6.07 Å². The molecule has 0 bridgehead atoms. The highest BCUT2D eigenvalue weighted by molar-refractivity contribution is 7.91. The maximum Gasteiger partial charge on any atom is 0.269 e. The van der Waals surface area contributed by atoms with Gasteiger partial charge in [0.25, 0.3) is 5.91 Å². The van der Waals surface area contributed by atoms with Crippen molar-refractivity contribution in [3.05, 3.63) is 34.9 Å². The van der Waals surface area contributed by atoms with E-state index in [1.54, 1.807) is 6.07 Å². The summed E-state index contributed by atoms with van der Waals surface area (Å²) in [6, 6.07) is 5.54. The Morgan fingerprint density at radius 3 is 2.59 bits per heavy atom. The highest BCUT2D eigenvalue weighted by Crippen LogP contribution is 2.22. The Bertz CT molecular complexity index is 727. The second kappa shape index (κ2) is 5.72. The van der Waals surface area contributed by atoms with Crippen molar-refractivity contribution < 1.29 is 18.0 Å². The summed E-state index contributed by atoms with van der Waals surface area (Å²) in [5, 5.41) is 0. The second-order valence-corrected chi connectivity index (χ2v) is 8.11. The molecule has 0 spiro atoms. The topological polar surface area (TPSA) is 92.3 Å². The van der Waals surface area contributed by atoms with Crippen LogP contribution in [-0.4, -0.2) is 31.7 Å². The van der Waals surface area contributed by atoms with E-state index in [-0.39, 0.29) is 17.4 Å². The summed E-state index contributed by atoms with van der Waals surface area (Å²) >= 11 is 0. The van der Waals surface area contributed by atoms with Gasteiger partial charge in [0.15, 0.2) is 9.84 Å². The Hall–Kier alpha value is -1.89. The molecule has 0 saturated carbocycles. The summed E-state index contributed by atoms with van der Waals surface area (Å²) in [6.45, 7) is 0. The van der Waals surface area contributed by atoms with Crippen LogP contribution < -0.4 is 10.9 Å². The largest absolute Gasteiger partial charge is 0.273 e. The molecule has 1 aliphatic heterocycles. The fraction of sp³-hybridized carbons (Fsp3) is 0.467. The van der Waals surface area contributed by atoms with Crippen molar-refractivity contribution in [1.29, 1.82) is 0 Å². The predicted molar refractivity (Wildman–Crippen MR) is 80.8 cm³/mol. The number of aryl methyl sites for hydroxylation is 2. The molecule has 0 aromatic heterocycles. The number of nitrogens with one attached hydrogen (secondary N) is 2. The Labute approximate surface area is 129 Å². The van der Waals surface area contributed by atoms with Crippen molar-refractivity contribution in [3.8, 4) is 0 Å². The lowest BCUT2D eigenvalue weighted by molar-refractivity contribution is -0.125. The second-order valence-electron chi connectivity index (χ2n) is 5.88. The third-order valence-corrected chi connectivity index (χ3v) is 6.03. The van der Waals surface area contributed by atoms with Crippen LogP contribution in [0.25, 0.3) is 0 Å². The van der Waals surface area contributed by atoms with Gasteiger partial charge in [-0.05, 0) is 48.9 Å². The summed E-state index contributed by atoms with van der Waals surface area (Å²) in [4.78, 5) is 23.9. The van der Waals surface area contributed by atoms with E-state index in [9.17, 15) is 18.0 Å². The number of benzene rings is 1. The molecular formula is C15H18N2O4S. The van der Waals surface area contributed by atoms with Gasteiger partial charge in [0, 0.05) is 5.56 Å². The predicted octanol–water partition coefficient (Wildman–Crippen LogP) is 0.371. The van der Waals surface area contributed by atoms with Crippen LogP contribution in [0.1, 0.15) is 34.3 Å². The van der Waals surface area contributed by atoms with Crippen LogP contribution in [0.3, 0.4) is 0 Å². The quantitative estimate of drug-likeness (QED) is 0.770. The van der Waals surface area contributed by atoms with E-state index in [0.29, 0.717) is 12.0 Å². The van der Waals surface area contributed by atoms with Crippen LogP contribution in [0.15, 0.2) is 18.2 Å². The van der Waals surface area contributed by atoms with Crippen LogP contribution in [0.2, 0.25) is 0 Å². The zero-order valence-electron chi connectivity index (χ0n) is 12.1. The molecule has 1 atom stereocenters. The SMILES string of the molecule is O=C(NNC(=O)[C@H]1CCS(=O)(=O)C1)c1ccc2c(c1)CCC2. The molecular weight excluding hydrogens is 304 g/mol. The fourth-order valence-electron chi connectivity index (χ4n) is 3.01. The summed E-state index contributed by atoms with van der Waals surface area (Å²) in [5.41, 5.74) is 7.64. The molecule has 1 aromatic rings. The van der Waals surface area contributed by atoms with Crippen molar-refractivity contribution in [2.45, 2.75) is 25.7 Å². The maximum absolute atomic E-state index is 12.0. The van der Waals surface area contributed by atoms with E-state index in [1.807, 2.05) is 12.1 Å². The molecule has 1 heterocycles. The normalized spacial score (nSPS) is 22.1. The lowest BCUT2D eigenvalue weighted by Crippen LogP contribution is -2.44. The molecule has 0 radical (unpaired) electrons. The smallest absolute Gasteiger partial charge is 0.269 e. The van der Waals surface area contributed by atoms with Crippen LogP contribution in [0, 0.1) is 5.92 Å². The summed E-state index contributed by atoms with van der Waals surface area (Å²) in [7, 11) is -3.11. The highest BCUT2D eigenvalue weighted by atomic mass is 32.2. The first kappa shape index (κ1) is 15.0. The van der Waals surface area contributed by atoms with Gasteiger partial charge in [0.2, 0.25) is 5.91 Å². The summed E-state index contributed by atoms with van der Waals surface area (Å²) in [6.07, 6.45) is 3.43.